The highest BCUT2D eigenvalue weighted by molar-refractivity contribution is 5.67. The lowest BCUT2D eigenvalue weighted by molar-refractivity contribution is -0.0593. The van der Waals surface area contributed by atoms with Crippen LogP contribution in [0.2, 0.25) is 0 Å². The van der Waals surface area contributed by atoms with Gasteiger partial charge in [-0.05, 0) is 124 Å². The Labute approximate surface area is 284 Å². The van der Waals surface area contributed by atoms with Crippen LogP contribution in [0.3, 0.4) is 0 Å². The Balaban J connectivity index is 1.28. The molecule has 4 aliphatic carbocycles. The highest BCUT2D eigenvalue weighted by Crippen LogP contribution is 2.67. The van der Waals surface area contributed by atoms with E-state index in [-0.39, 0.29) is 17.6 Å². The monoisotopic (exact) mass is 642 g/mol. The van der Waals surface area contributed by atoms with Crippen molar-refractivity contribution in [3.8, 4) is 0 Å². The van der Waals surface area contributed by atoms with Gasteiger partial charge in [0.25, 0.3) is 0 Å². The second-order valence-corrected chi connectivity index (χ2v) is 17.3. The first-order valence-electron chi connectivity index (χ1n) is 20.2. The van der Waals surface area contributed by atoms with Gasteiger partial charge in [-0.15, -0.1) is 0 Å². The van der Waals surface area contributed by atoms with Crippen LogP contribution in [0, 0.1) is 46.3 Å². The van der Waals surface area contributed by atoms with E-state index in [1.807, 2.05) is 4.90 Å². The van der Waals surface area contributed by atoms with Gasteiger partial charge >= 0.3 is 6.09 Å². The molecular weight excluding hydrogens is 566 g/mol. The number of ether oxygens (including phenoxy) is 1. The van der Waals surface area contributed by atoms with Crippen LogP contribution in [-0.2, 0) is 4.74 Å². The lowest BCUT2D eigenvalue weighted by Crippen LogP contribution is -2.51. The zero-order valence-corrected chi connectivity index (χ0v) is 31.0. The first-order valence-corrected chi connectivity index (χ1v) is 20.2. The predicted octanol–water partition coefficient (Wildman–Crippen LogP) is 10.3. The maximum absolute atomic E-state index is 13.4. The third-order valence-corrected chi connectivity index (χ3v) is 13.8. The van der Waals surface area contributed by atoms with Gasteiger partial charge in [0.2, 0.25) is 0 Å². The van der Waals surface area contributed by atoms with E-state index in [0.29, 0.717) is 18.5 Å². The Morgan fingerprint density at radius 3 is 2.20 bits per heavy atom. The molecule has 0 heterocycles. The third-order valence-electron chi connectivity index (χ3n) is 13.8. The average molecular weight is 642 g/mol. The molecule has 3 saturated carbocycles. The van der Waals surface area contributed by atoms with Gasteiger partial charge < -0.3 is 21.1 Å². The summed E-state index contributed by atoms with van der Waals surface area (Å²) >= 11 is 0. The summed E-state index contributed by atoms with van der Waals surface area (Å²) in [5, 5.41) is 0. The summed E-state index contributed by atoms with van der Waals surface area (Å²) in [7, 11) is 0. The first kappa shape index (κ1) is 37.7. The summed E-state index contributed by atoms with van der Waals surface area (Å²) in [4.78, 5) is 15.4. The standard InChI is InChI=1S/C41H75N3O2/c1-31(2)16-14-17-32(3)36-20-21-37-35-19-18-33-30-34(22-24-40(33,4)38(35)23-25-41(36,37)5)46-39(45)44(29-15-27-43)28-13-11-9-7-6-8-10-12-26-42/h18,31-32,34-38H,6-17,19-30,42-43H2,1-5H3/t32-,34+,35+,36-,37+,38+,40+,41-/m1/s1. The van der Waals surface area contributed by atoms with E-state index in [2.05, 4.69) is 40.7 Å². The maximum Gasteiger partial charge on any atom is 0.410 e. The molecule has 0 spiro atoms. The number of carbonyl (C=O) groups excluding carboxylic acids is 1. The van der Waals surface area contributed by atoms with Crippen LogP contribution in [0.15, 0.2) is 11.6 Å². The molecule has 5 nitrogen and oxygen atoms in total. The van der Waals surface area contributed by atoms with E-state index in [0.717, 1.165) is 80.7 Å². The summed E-state index contributed by atoms with van der Waals surface area (Å²) in [6.45, 7) is 15.5. The fraction of sp³-hybridized carbons (Fsp3) is 0.927. The van der Waals surface area contributed by atoms with E-state index in [1.54, 1.807) is 5.57 Å². The average Bonchev–Trinajstić information content (AvgIpc) is 3.39. The summed E-state index contributed by atoms with van der Waals surface area (Å²) in [6.07, 6.45) is 27.4. The summed E-state index contributed by atoms with van der Waals surface area (Å²) in [5.74, 6) is 5.14. The van der Waals surface area contributed by atoms with Crippen molar-refractivity contribution < 1.29 is 9.53 Å². The first-order chi connectivity index (χ1) is 22.1. The normalized spacial score (nSPS) is 32.8. The van der Waals surface area contributed by atoms with Gasteiger partial charge in [0.15, 0.2) is 0 Å². The zero-order valence-electron chi connectivity index (χ0n) is 31.0. The van der Waals surface area contributed by atoms with Crippen molar-refractivity contribution in [1.29, 1.82) is 0 Å². The van der Waals surface area contributed by atoms with Gasteiger partial charge in [-0.2, -0.15) is 0 Å². The van der Waals surface area contributed by atoms with Crippen LogP contribution in [0.25, 0.3) is 0 Å². The molecule has 0 radical (unpaired) electrons. The number of nitrogens with zero attached hydrogens (tertiary/aromatic N) is 1. The number of hydrogen-bond acceptors (Lipinski definition) is 4. The number of carbonyl (C=O) groups is 1. The van der Waals surface area contributed by atoms with Crippen molar-refractivity contribution >= 4 is 6.09 Å². The minimum Gasteiger partial charge on any atom is -0.446 e. The SMILES string of the molecule is CC(C)CCC[C@@H](C)[C@H]1CC[C@H]2[C@@H]3CC=C4C[C@@H](OC(=O)N(CCCN)CCCCCCCCCCN)CC[C@]4(C)[C@H]3CC[C@]12C. The lowest BCUT2D eigenvalue weighted by atomic mass is 9.47. The Kier molecular flexibility index (Phi) is 14.8. The van der Waals surface area contributed by atoms with Gasteiger partial charge in [0.1, 0.15) is 6.10 Å². The van der Waals surface area contributed by atoms with Crippen LogP contribution in [0.5, 0.6) is 0 Å². The number of amides is 1. The molecule has 0 saturated heterocycles. The number of unbranched alkanes of at least 4 members (excludes halogenated alkanes) is 7. The lowest BCUT2D eigenvalue weighted by Gasteiger charge is -2.58. The van der Waals surface area contributed by atoms with Gasteiger partial charge in [0, 0.05) is 19.5 Å². The molecular formula is C41H75N3O2. The van der Waals surface area contributed by atoms with Gasteiger partial charge in [-0.3, -0.25) is 0 Å². The molecule has 4 N–H and O–H groups in total. The molecule has 3 fully saturated rings. The zero-order chi connectivity index (χ0) is 33.2. The number of nitrogens with two attached hydrogens (primary N) is 2. The molecule has 0 unspecified atom stereocenters. The van der Waals surface area contributed by atoms with Gasteiger partial charge in [0.05, 0.1) is 0 Å². The molecule has 8 atom stereocenters. The fourth-order valence-electron chi connectivity index (χ4n) is 11.1. The fourth-order valence-corrected chi connectivity index (χ4v) is 11.1. The topological polar surface area (TPSA) is 81.6 Å². The summed E-state index contributed by atoms with van der Waals surface area (Å²) < 4.78 is 6.28. The number of fused-ring (bicyclic) bond motifs is 5. The van der Waals surface area contributed by atoms with Crippen LogP contribution in [-0.4, -0.2) is 43.3 Å². The van der Waals surface area contributed by atoms with Gasteiger partial charge in [-0.25, -0.2) is 4.79 Å². The Hall–Kier alpha value is -1.07. The summed E-state index contributed by atoms with van der Waals surface area (Å²) in [6, 6.07) is 0. The van der Waals surface area contributed by atoms with Crippen molar-refractivity contribution in [1.82, 2.24) is 4.90 Å². The second kappa shape index (κ2) is 18.1. The highest BCUT2D eigenvalue weighted by atomic mass is 16.6. The molecule has 4 aliphatic rings. The van der Waals surface area contributed by atoms with Crippen LogP contribution in [0.1, 0.15) is 163 Å². The largest absolute Gasteiger partial charge is 0.446 e. The molecule has 46 heavy (non-hydrogen) atoms. The molecule has 266 valence electrons. The highest BCUT2D eigenvalue weighted by Gasteiger charge is 2.59. The number of allylic oxidation sites excluding steroid dienone is 1. The molecule has 0 aliphatic heterocycles. The quantitative estimate of drug-likeness (QED) is 0.109. The van der Waals surface area contributed by atoms with Gasteiger partial charge in [-0.1, -0.05) is 104 Å². The van der Waals surface area contributed by atoms with E-state index >= 15 is 0 Å². The minimum atomic E-state index is -0.105. The van der Waals surface area contributed by atoms with E-state index < -0.39 is 0 Å². The molecule has 5 heteroatoms. The van der Waals surface area contributed by atoms with Crippen LogP contribution < -0.4 is 11.5 Å². The van der Waals surface area contributed by atoms with Crippen molar-refractivity contribution in [2.24, 2.45) is 57.8 Å². The summed E-state index contributed by atoms with van der Waals surface area (Å²) in [5.41, 5.74) is 13.9. The molecule has 0 aromatic rings. The van der Waals surface area contributed by atoms with Crippen LogP contribution >= 0.6 is 0 Å². The maximum atomic E-state index is 13.4. The van der Waals surface area contributed by atoms with Crippen molar-refractivity contribution in [2.45, 2.75) is 169 Å². The van der Waals surface area contributed by atoms with Crippen LogP contribution in [0.4, 0.5) is 4.79 Å². The molecule has 0 aromatic carbocycles. The third kappa shape index (κ3) is 9.33. The molecule has 4 rings (SSSR count). The van der Waals surface area contributed by atoms with Crippen molar-refractivity contribution in [3.63, 3.8) is 0 Å². The number of hydrogen-bond donors (Lipinski definition) is 2. The Bertz CT molecular complexity index is 950. The molecule has 0 bridgehead atoms. The van der Waals surface area contributed by atoms with Crippen molar-refractivity contribution in [2.75, 3.05) is 26.2 Å². The molecule has 1 amide bonds. The van der Waals surface area contributed by atoms with E-state index in [9.17, 15) is 4.79 Å². The molecule has 0 aromatic heterocycles. The van der Waals surface area contributed by atoms with E-state index in [4.69, 9.17) is 16.2 Å². The smallest absolute Gasteiger partial charge is 0.410 e. The predicted molar refractivity (Wildman–Crippen MR) is 195 cm³/mol. The minimum absolute atomic E-state index is 0.0219. The Morgan fingerprint density at radius 2 is 1.50 bits per heavy atom. The Morgan fingerprint density at radius 1 is 0.826 bits per heavy atom. The van der Waals surface area contributed by atoms with E-state index in [1.165, 1.54) is 96.3 Å². The van der Waals surface area contributed by atoms with Crippen molar-refractivity contribution in [3.05, 3.63) is 11.6 Å². The second-order valence-electron chi connectivity index (χ2n) is 17.3. The number of rotatable bonds is 19.